The number of amides is 1. The summed E-state index contributed by atoms with van der Waals surface area (Å²) in [5.41, 5.74) is 3.26. The van der Waals surface area contributed by atoms with Crippen LogP contribution in [0.1, 0.15) is 28.9 Å². The highest BCUT2D eigenvalue weighted by atomic mass is 31.2. The molecular weight excluding hydrogens is 461 g/mol. The van der Waals surface area contributed by atoms with E-state index < -0.39 is 20.8 Å². The Labute approximate surface area is 196 Å². The Bertz CT molecular complexity index is 1280. The molecule has 1 unspecified atom stereocenters. The smallest absolute Gasteiger partial charge is 0.459 e. The monoisotopic (exact) mass is 487 g/mol. The van der Waals surface area contributed by atoms with E-state index in [9.17, 15) is 14.5 Å². The molecule has 1 aliphatic heterocycles. The molecule has 2 aromatic heterocycles. The first-order valence-corrected chi connectivity index (χ1v) is 12.2. The minimum Gasteiger partial charge on any atom is -0.459 e. The zero-order valence-electron chi connectivity index (χ0n) is 18.8. The summed E-state index contributed by atoms with van der Waals surface area (Å²) in [6, 6.07) is 9.56. The van der Waals surface area contributed by atoms with E-state index in [4.69, 9.17) is 14.2 Å². The Morgan fingerprint density at radius 3 is 2.88 bits per heavy atom. The first-order valence-electron chi connectivity index (χ1n) is 10.7. The lowest BCUT2D eigenvalue weighted by Gasteiger charge is -2.34. The Hall–Kier alpha value is -3.01. The van der Waals surface area contributed by atoms with Crippen molar-refractivity contribution >= 4 is 36.6 Å². The van der Waals surface area contributed by atoms with Crippen LogP contribution in [0, 0.1) is 6.92 Å². The number of phosphoric acid groups is 1. The number of benzene rings is 1. The van der Waals surface area contributed by atoms with Gasteiger partial charge < -0.3 is 29.1 Å². The van der Waals surface area contributed by atoms with Gasteiger partial charge >= 0.3 is 7.82 Å². The zero-order valence-corrected chi connectivity index (χ0v) is 19.7. The number of hydrogen-bond donors (Lipinski definition) is 3. The number of aliphatic hydroxyl groups excluding tert-OH is 1. The van der Waals surface area contributed by atoms with Gasteiger partial charge in [0, 0.05) is 30.3 Å². The summed E-state index contributed by atoms with van der Waals surface area (Å²) in [4.78, 5) is 37.7. The van der Waals surface area contributed by atoms with Crippen molar-refractivity contribution < 1.29 is 33.2 Å². The third-order valence-corrected chi connectivity index (χ3v) is 6.20. The van der Waals surface area contributed by atoms with Gasteiger partial charge in [0.2, 0.25) is 5.91 Å². The fraction of sp³-hybridized carbons (Fsp3) is 0.304. The highest BCUT2D eigenvalue weighted by Gasteiger charge is 2.28. The number of nitrogens with zero attached hydrogens (tertiary/aromatic N) is 3. The lowest BCUT2D eigenvalue weighted by atomic mass is 10.0. The molecule has 3 heterocycles. The Morgan fingerprint density at radius 2 is 2.15 bits per heavy atom. The van der Waals surface area contributed by atoms with Crippen LogP contribution in [0.15, 0.2) is 47.0 Å². The van der Waals surface area contributed by atoms with E-state index in [-0.39, 0.29) is 5.91 Å². The lowest BCUT2D eigenvalue weighted by molar-refractivity contribution is -0.125. The van der Waals surface area contributed by atoms with E-state index in [1.54, 1.807) is 18.0 Å². The van der Waals surface area contributed by atoms with Crippen LogP contribution in [0.3, 0.4) is 0 Å². The highest BCUT2D eigenvalue weighted by molar-refractivity contribution is 7.46. The number of likely N-dealkylation sites (N-methyl/N-ethyl adjacent to an activating group) is 1. The summed E-state index contributed by atoms with van der Waals surface area (Å²) < 4.78 is 21.4. The molecular formula is C23H26N3O7P. The third-order valence-electron chi connectivity index (χ3n) is 5.75. The van der Waals surface area contributed by atoms with Gasteiger partial charge in [0.15, 0.2) is 0 Å². The molecule has 0 saturated carbocycles. The topological polar surface area (TPSA) is 137 Å². The number of phosphoric ester groups is 1. The summed E-state index contributed by atoms with van der Waals surface area (Å²) in [7, 11) is -2.99. The number of fused-ring (bicyclic) bond motifs is 2. The van der Waals surface area contributed by atoms with E-state index >= 15 is 0 Å². The van der Waals surface area contributed by atoms with Gasteiger partial charge in [-0.25, -0.2) is 9.55 Å². The Morgan fingerprint density at radius 1 is 1.38 bits per heavy atom. The van der Waals surface area contributed by atoms with E-state index in [1.807, 2.05) is 37.3 Å². The number of carbonyl (C=O) groups excluding carboxylic acids is 1. The molecule has 0 saturated heterocycles. The average Bonchev–Trinajstić information content (AvgIpc) is 3.11. The van der Waals surface area contributed by atoms with Crippen molar-refractivity contribution in [1.82, 2.24) is 9.88 Å². The van der Waals surface area contributed by atoms with E-state index in [0.29, 0.717) is 30.8 Å². The predicted octanol–water partition coefficient (Wildman–Crippen LogP) is 2.95. The molecule has 11 heteroatoms. The van der Waals surface area contributed by atoms with Crippen molar-refractivity contribution in [3.63, 3.8) is 0 Å². The number of aromatic nitrogens is 1. The molecule has 0 radical (unpaired) electrons. The van der Waals surface area contributed by atoms with Crippen molar-refractivity contribution in [2.24, 2.45) is 0 Å². The molecule has 180 valence electrons. The average molecular weight is 487 g/mol. The number of pyridine rings is 1. The van der Waals surface area contributed by atoms with Crippen LogP contribution in [0.4, 0.5) is 5.82 Å². The van der Waals surface area contributed by atoms with Gasteiger partial charge in [-0.3, -0.25) is 9.32 Å². The number of hydrogen-bond acceptors (Lipinski definition) is 7. The second-order valence-electron chi connectivity index (χ2n) is 8.16. The second-order valence-corrected chi connectivity index (χ2v) is 9.40. The summed E-state index contributed by atoms with van der Waals surface area (Å²) in [5, 5.41) is 11.2. The van der Waals surface area contributed by atoms with Crippen LogP contribution in [0.25, 0.3) is 17.0 Å². The predicted molar refractivity (Wildman–Crippen MR) is 125 cm³/mol. The molecule has 10 nitrogen and oxygen atoms in total. The van der Waals surface area contributed by atoms with Gasteiger partial charge in [-0.2, -0.15) is 0 Å². The SMILES string of the molecule is Cc1c(CN(C)C(=O)C=Cc2cnc3c(c2)CCC(O)N3COP(=O)(O)O)oc2ccccc12. The number of aliphatic hydroxyl groups is 1. The van der Waals surface area contributed by atoms with Crippen molar-refractivity contribution in [3.8, 4) is 0 Å². The lowest BCUT2D eigenvalue weighted by Crippen LogP contribution is -2.41. The molecule has 1 aliphatic rings. The van der Waals surface area contributed by atoms with Crippen LogP contribution in [0.2, 0.25) is 0 Å². The zero-order chi connectivity index (χ0) is 24.5. The maximum atomic E-state index is 12.7. The van der Waals surface area contributed by atoms with Crippen LogP contribution in [0.5, 0.6) is 0 Å². The molecule has 3 aromatic rings. The minimum atomic E-state index is -4.69. The number of aryl methyl sites for hydroxylation is 2. The summed E-state index contributed by atoms with van der Waals surface area (Å²) in [6.07, 6.45) is 4.54. The van der Waals surface area contributed by atoms with Crippen molar-refractivity contribution in [1.29, 1.82) is 0 Å². The molecule has 0 spiro atoms. The van der Waals surface area contributed by atoms with E-state index in [0.717, 1.165) is 27.9 Å². The molecule has 0 bridgehead atoms. The number of rotatable bonds is 7. The second kappa shape index (κ2) is 9.69. The van der Waals surface area contributed by atoms with Crippen LogP contribution >= 0.6 is 7.82 Å². The van der Waals surface area contributed by atoms with Gasteiger partial charge in [-0.1, -0.05) is 18.2 Å². The molecule has 34 heavy (non-hydrogen) atoms. The summed E-state index contributed by atoms with van der Waals surface area (Å²) in [6.45, 7) is 1.81. The van der Waals surface area contributed by atoms with Gasteiger partial charge in [0.25, 0.3) is 0 Å². The van der Waals surface area contributed by atoms with E-state index in [1.165, 1.54) is 17.2 Å². The standard InChI is InChI=1S/C23H26N3O7P/c1-15-18-5-3-4-6-19(18)33-20(15)13-25(2)21(27)9-7-16-11-17-8-10-22(28)26(23(17)24-12-16)14-32-34(29,30)31/h3-7,9,11-12,22,28H,8,10,13-14H2,1-2H3,(H2,29,30,31). The molecule has 1 amide bonds. The number of para-hydroxylation sites is 1. The summed E-state index contributed by atoms with van der Waals surface area (Å²) in [5.74, 6) is 0.912. The van der Waals surface area contributed by atoms with Crippen LogP contribution < -0.4 is 4.90 Å². The van der Waals surface area contributed by atoms with Crippen molar-refractivity contribution in [3.05, 3.63) is 65.1 Å². The third kappa shape index (κ3) is 5.38. The van der Waals surface area contributed by atoms with Gasteiger partial charge in [0.1, 0.15) is 30.1 Å². The van der Waals surface area contributed by atoms with Crippen LogP contribution in [-0.4, -0.2) is 50.7 Å². The number of anilines is 1. The number of carbonyl (C=O) groups is 1. The molecule has 4 rings (SSSR count). The van der Waals surface area contributed by atoms with Gasteiger partial charge in [-0.15, -0.1) is 0 Å². The first-order chi connectivity index (χ1) is 16.1. The largest absolute Gasteiger partial charge is 0.471 e. The molecule has 1 aromatic carbocycles. The van der Waals surface area contributed by atoms with Gasteiger partial charge in [-0.05, 0) is 49.1 Å². The normalized spacial score (nSPS) is 16.3. The fourth-order valence-corrected chi connectivity index (χ4v) is 4.16. The maximum absolute atomic E-state index is 12.7. The van der Waals surface area contributed by atoms with Crippen LogP contribution in [-0.2, 0) is 26.8 Å². The number of furan rings is 1. The first kappa shape index (κ1) is 24.1. The molecule has 1 atom stereocenters. The quantitative estimate of drug-likeness (QED) is 0.339. The maximum Gasteiger partial charge on any atom is 0.471 e. The molecule has 3 N–H and O–H groups in total. The Kier molecular flexibility index (Phi) is 6.88. The molecule has 0 aliphatic carbocycles. The van der Waals surface area contributed by atoms with Crippen molar-refractivity contribution in [2.45, 2.75) is 32.5 Å². The van der Waals surface area contributed by atoms with Gasteiger partial charge in [0.05, 0.1) is 6.54 Å². The molecule has 0 fully saturated rings. The van der Waals surface area contributed by atoms with Crippen molar-refractivity contribution in [2.75, 3.05) is 18.7 Å². The Balaban J connectivity index is 1.44. The van der Waals surface area contributed by atoms with E-state index in [2.05, 4.69) is 9.51 Å². The minimum absolute atomic E-state index is 0.204. The highest BCUT2D eigenvalue weighted by Crippen LogP contribution is 2.38. The summed E-state index contributed by atoms with van der Waals surface area (Å²) >= 11 is 0. The fourth-order valence-electron chi connectivity index (χ4n) is 3.89.